The van der Waals surface area contributed by atoms with E-state index in [2.05, 4.69) is 15.0 Å². The van der Waals surface area contributed by atoms with Gasteiger partial charge in [0.05, 0.1) is 13.2 Å². The molecule has 3 aliphatic heterocycles. The third-order valence-corrected chi connectivity index (χ3v) is 3.81. The van der Waals surface area contributed by atoms with Crippen molar-refractivity contribution in [2.45, 2.75) is 30.2 Å². The Kier molecular flexibility index (Phi) is 3.51. The summed E-state index contributed by atoms with van der Waals surface area (Å²) in [5.41, 5.74) is 4.87. The van der Waals surface area contributed by atoms with Crippen LogP contribution in [0.15, 0.2) is 15.0 Å². The molecule has 21 heavy (non-hydrogen) atoms. The Hall–Kier alpha value is -1.43. The van der Waals surface area contributed by atoms with Crippen LogP contribution in [0.4, 0.5) is 0 Å². The first-order chi connectivity index (χ1) is 10.0. The Labute approximate surface area is 119 Å². The fraction of sp³-hybridized carbons (Fsp3) is 0.727. The van der Waals surface area contributed by atoms with Crippen molar-refractivity contribution < 1.29 is 25.2 Å². The van der Waals surface area contributed by atoms with Crippen LogP contribution in [0.1, 0.15) is 0 Å². The zero-order valence-corrected chi connectivity index (χ0v) is 11.1. The van der Waals surface area contributed by atoms with E-state index < -0.39 is 43.4 Å². The minimum Gasteiger partial charge on any atom is -0.394 e. The highest BCUT2D eigenvalue weighted by atomic mass is 16.6. The van der Waals surface area contributed by atoms with Crippen molar-refractivity contribution >= 4 is 17.9 Å². The molecule has 10 heteroatoms. The van der Waals surface area contributed by atoms with Gasteiger partial charge in [0, 0.05) is 0 Å². The van der Waals surface area contributed by atoms with Gasteiger partial charge >= 0.3 is 0 Å². The number of aliphatic hydroxyl groups excluding tert-OH is 4. The summed E-state index contributed by atoms with van der Waals surface area (Å²) in [7, 11) is 0. The Morgan fingerprint density at radius 2 is 2.14 bits per heavy atom. The molecule has 3 heterocycles. The van der Waals surface area contributed by atoms with E-state index in [-0.39, 0.29) is 6.67 Å². The molecule has 10 nitrogen and oxygen atoms in total. The van der Waals surface area contributed by atoms with Crippen molar-refractivity contribution in [3.8, 4) is 0 Å². The zero-order valence-electron chi connectivity index (χ0n) is 11.1. The average Bonchev–Trinajstić information content (AvgIpc) is 3.03. The van der Waals surface area contributed by atoms with Crippen molar-refractivity contribution in [2.75, 3.05) is 19.9 Å². The van der Waals surface area contributed by atoms with Gasteiger partial charge in [0.25, 0.3) is 0 Å². The Morgan fingerprint density at radius 1 is 1.38 bits per heavy atom. The van der Waals surface area contributed by atoms with E-state index in [1.807, 2.05) is 0 Å². The number of aliphatic hydroxyl groups is 4. The van der Waals surface area contributed by atoms with E-state index in [1.165, 1.54) is 11.2 Å². The molecule has 1 saturated heterocycles. The van der Waals surface area contributed by atoms with E-state index >= 15 is 0 Å². The van der Waals surface area contributed by atoms with Gasteiger partial charge in [-0.05, 0) is 0 Å². The SMILES string of the molecule is NC1(CO)N=CN=C2C1=NCN2[C@@H]1O[C@H](CO)[C@@H](O)[C@H]1O. The smallest absolute Gasteiger partial charge is 0.179 e. The van der Waals surface area contributed by atoms with Gasteiger partial charge in [-0.25, -0.2) is 9.98 Å². The summed E-state index contributed by atoms with van der Waals surface area (Å²) in [5, 5.41) is 38.3. The fourth-order valence-electron chi connectivity index (χ4n) is 2.59. The van der Waals surface area contributed by atoms with Gasteiger partial charge in [-0.2, -0.15) is 0 Å². The second kappa shape index (κ2) is 5.09. The van der Waals surface area contributed by atoms with Gasteiger partial charge in [-0.15, -0.1) is 0 Å². The topological polar surface area (TPSA) is 156 Å². The lowest BCUT2D eigenvalue weighted by molar-refractivity contribution is -0.0688. The third kappa shape index (κ3) is 2.08. The van der Waals surface area contributed by atoms with Crippen LogP contribution in [-0.4, -0.2) is 93.3 Å². The number of hydrogen-bond donors (Lipinski definition) is 5. The van der Waals surface area contributed by atoms with Crippen molar-refractivity contribution in [1.82, 2.24) is 4.90 Å². The van der Waals surface area contributed by atoms with Gasteiger partial charge in [-0.3, -0.25) is 10.7 Å². The number of ether oxygens (including phenoxy) is 1. The molecule has 116 valence electrons. The molecule has 0 amide bonds. The number of rotatable bonds is 3. The number of fused-ring (bicyclic) bond motifs is 1. The Balaban J connectivity index is 1.85. The molecule has 0 aromatic rings. The average molecular weight is 299 g/mol. The maximum atomic E-state index is 10.0. The summed E-state index contributed by atoms with van der Waals surface area (Å²) < 4.78 is 5.44. The molecule has 0 spiro atoms. The predicted octanol–water partition coefficient (Wildman–Crippen LogP) is -3.77. The van der Waals surface area contributed by atoms with Gasteiger partial charge in [0.15, 0.2) is 17.7 Å². The Morgan fingerprint density at radius 3 is 2.76 bits per heavy atom. The van der Waals surface area contributed by atoms with Gasteiger partial charge < -0.3 is 30.1 Å². The molecule has 1 unspecified atom stereocenters. The van der Waals surface area contributed by atoms with Crippen LogP contribution >= 0.6 is 0 Å². The van der Waals surface area contributed by atoms with Crippen LogP contribution in [0.5, 0.6) is 0 Å². The van der Waals surface area contributed by atoms with Crippen LogP contribution in [0.2, 0.25) is 0 Å². The molecule has 3 aliphatic rings. The largest absolute Gasteiger partial charge is 0.394 e. The lowest BCUT2D eigenvalue weighted by Gasteiger charge is -2.31. The molecule has 0 saturated carbocycles. The second-order valence-electron chi connectivity index (χ2n) is 5.13. The number of nitrogens with two attached hydrogens (primary N) is 1. The van der Waals surface area contributed by atoms with Crippen molar-refractivity contribution in [3.05, 3.63) is 0 Å². The van der Waals surface area contributed by atoms with Gasteiger partial charge in [0.2, 0.25) is 0 Å². The number of hydrogen-bond acceptors (Lipinski definition) is 10. The summed E-state index contributed by atoms with van der Waals surface area (Å²) >= 11 is 0. The molecule has 5 atom stereocenters. The molecule has 0 bridgehead atoms. The van der Waals surface area contributed by atoms with E-state index in [0.29, 0.717) is 11.5 Å². The minimum absolute atomic E-state index is 0.100. The van der Waals surface area contributed by atoms with Crippen LogP contribution in [0.25, 0.3) is 0 Å². The summed E-state index contributed by atoms with van der Waals surface area (Å²) in [6.07, 6.45) is -3.01. The molecule has 0 aromatic carbocycles. The molecular formula is C11H17N5O5. The zero-order chi connectivity index (χ0) is 15.2. The molecule has 0 aromatic heterocycles. The first kappa shape index (κ1) is 14.5. The first-order valence-electron chi connectivity index (χ1n) is 6.47. The maximum absolute atomic E-state index is 10.0. The molecule has 1 fully saturated rings. The van der Waals surface area contributed by atoms with Gasteiger partial charge in [0.1, 0.15) is 37.0 Å². The van der Waals surface area contributed by atoms with Crippen LogP contribution < -0.4 is 5.73 Å². The van der Waals surface area contributed by atoms with E-state index in [1.54, 1.807) is 0 Å². The highest BCUT2D eigenvalue weighted by Crippen LogP contribution is 2.28. The molecule has 0 aliphatic carbocycles. The minimum atomic E-state index is -1.37. The summed E-state index contributed by atoms with van der Waals surface area (Å²) in [4.78, 5) is 13.7. The predicted molar refractivity (Wildman–Crippen MR) is 71.8 cm³/mol. The van der Waals surface area contributed by atoms with Gasteiger partial charge in [-0.1, -0.05) is 0 Å². The first-order valence-corrected chi connectivity index (χ1v) is 6.47. The quantitative estimate of drug-likeness (QED) is 0.358. The number of nitrogens with zero attached hydrogens (tertiary/aromatic N) is 4. The summed E-state index contributed by atoms with van der Waals surface area (Å²) in [6.45, 7) is -0.754. The van der Waals surface area contributed by atoms with E-state index in [0.717, 1.165) is 0 Å². The standard InChI is InChI=1S/C11H17N5O5/c12-11(2-18)8-9(13-3-15-11)16(4-14-8)10-7(20)6(19)5(1-17)21-10/h3,5-7,10,17-20H,1-2,4,12H2/t5-,6-,7-,10-,11?/m1/s1. The van der Waals surface area contributed by atoms with Crippen LogP contribution in [-0.2, 0) is 4.74 Å². The molecule has 3 rings (SSSR count). The highest BCUT2D eigenvalue weighted by molar-refractivity contribution is 6.47. The van der Waals surface area contributed by atoms with Crippen LogP contribution in [0, 0.1) is 0 Å². The lowest BCUT2D eigenvalue weighted by Crippen LogP contribution is -2.57. The third-order valence-electron chi connectivity index (χ3n) is 3.81. The van der Waals surface area contributed by atoms with Crippen molar-refractivity contribution in [3.63, 3.8) is 0 Å². The Bertz CT molecular complexity index is 523. The fourth-order valence-corrected chi connectivity index (χ4v) is 2.59. The van der Waals surface area contributed by atoms with Crippen molar-refractivity contribution in [1.29, 1.82) is 0 Å². The second-order valence-corrected chi connectivity index (χ2v) is 5.13. The molecular weight excluding hydrogens is 282 g/mol. The monoisotopic (exact) mass is 299 g/mol. The summed E-state index contributed by atoms with van der Waals surface area (Å²) in [6, 6.07) is 0. The molecule has 0 radical (unpaired) electrons. The van der Waals surface area contributed by atoms with Crippen LogP contribution in [0.3, 0.4) is 0 Å². The van der Waals surface area contributed by atoms with Crippen molar-refractivity contribution in [2.24, 2.45) is 20.7 Å². The van der Waals surface area contributed by atoms with E-state index in [9.17, 15) is 15.3 Å². The summed E-state index contributed by atoms with van der Waals surface area (Å²) in [5.74, 6) is 0.330. The number of amidine groups is 1. The number of aliphatic imine (C=N–C) groups is 3. The lowest BCUT2D eigenvalue weighted by atomic mass is 10.0. The highest BCUT2D eigenvalue weighted by Gasteiger charge is 2.50. The van der Waals surface area contributed by atoms with E-state index in [4.69, 9.17) is 15.6 Å². The normalized spacial score (nSPS) is 42.0. The maximum Gasteiger partial charge on any atom is 0.179 e. The molecule has 6 N–H and O–H groups in total.